The van der Waals surface area contributed by atoms with Crippen molar-refractivity contribution in [3.8, 4) is 11.6 Å². The lowest BCUT2D eigenvalue weighted by Crippen LogP contribution is -2.39. The molecule has 2 aromatic rings. The molecule has 0 aliphatic carbocycles. The number of nitrogens with zero attached hydrogens (tertiary/aromatic N) is 4. The van der Waals surface area contributed by atoms with Crippen LogP contribution in [0.4, 0.5) is 10.3 Å². The van der Waals surface area contributed by atoms with Gasteiger partial charge >= 0.3 is 0 Å². The number of aromatic nitrogens is 2. The van der Waals surface area contributed by atoms with Gasteiger partial charge in [0.15, 0.2) is 0 Å². The number of rotatable bonds is 4. The Morgan fingerprint density at radius 2 is 2.04 bits per heavy atom. The van der Waals surface area contributed by atoms with Crippen LogP contribution in [0, 0.1) is 5.82 Å². The summed E-state index contributed by atoms with van der Waals surface area (Å²) in [6, 6.07) is 7.03. The molecule has 7 heteroatoms. The van der Waals surface area contributed by atoms with Crippen LogP contribution in [0.3, 0.4) is 0 Å². The van der Waals surface area contributed by atoms with E-state index in [2.05, 4.69) is 9.97 Å². The molecular formula is C16H17FN4O2. The molecule has 0 spiro atoms. The first-order chi connectivity index (χ1) is 11.0. The number of likely N-dealkylation sites (N-methyl/N-ethyl adjacent to an activating group) is 2. The van der Waals surface area contributed by atoms with Crippen molar-refractivity contribution in [3.05, 3.63) is 42.3 Å². The van der Waals surface area contributed by atoms with Gasteiger partial charge in [-0.05, 0) is 30.7 Å². The molecule has 6 nitrogen and oxygen atoms in total. The summed E-state index contributed by atoms with van der Waals surface area (Å²) in [5.74, 6) is 0.964. The lowest BCUT2D eigenvalue weighted by Gasteiger charge is -2.23. The highest BCUT2D eigenvalue weighted by molar-refractivity contribution is 5.86. The standard InChI is InChI=1S/C16H17FN4O2/c1-20-10-8-13(15(20)22)21(2)16-18-9-7-14(19-16)23-12-5-3-11(17)4-6-12/h3-7,9,13H,8,10H2,1-2H3. The molecular weight excluding hydrogens is 299 g/mol. The van der Waals surface area contributed by atoms with Gasteiger partial charge in [0.1, 0.15) is 17.6 Å². The normalized spacial score (nSPS) is 17.4. The maximum Gasteiger partial charge on any atom is 0.245 e. The molecule has 1 fully saturated rings. The third-order valence-corrected chi connectivity index (χ3v) is 3.84. The van der Waals surface area contributed by atoms with Gasteiger partial charge in [-0.15, -0.1) is 0 Å². The monoisotopic (exact) mass is 316 g/mol. The zero-order valence-electron chi connectivity index (χ0n) is 12.9. The van der Waals surface area contributed by atoms with Crippen molar-refractivity contribution in [2.75, 3.05) is 25.5 Å². The van der Waals surface area contributed by atoms with Crippen molar-refractivity contribution in [1.29, 1.82) is 0 Å². The lowest BCUT2D eigenvalue weighted by atomic mass is 10.2. The molecule has 1 atom stereocenters. The molecule has 0 bridgehead atoms. The molecule has 1 aliphatic rings. The molecule has 0 saturated carbocycles. The van der Waals surface area contributed by atoms with Gasteiger partial charge in [-0.1, -0.05) is 0 Å². The fraction of sp³-hybridized carbons (Fsp3) is 0.312. The van der Waals surface area contributed by atoms with E-state index in [1.165, 1.54) is 24.3 Å². The van der Waals surface area contributed by atoms with Crippen LogP contribution in [-0.4, -0.2) is 47.5 Å². The van der Waals surface area contributed by atoms with Gasteiger partial charge in [0.2, 0.25) is 17.7 Å². The number of amides is 1. The topological polar surface area (TPSA) is 58.6 Å². The van der Waals surface area contributed by atoms with Crippen LogP contribution >= 0.6 is 0 Å². The predicted octanol–water partition coefficient (Wildman–Crippen LogP) is 2.07. The smallest absolute Gasteiger partial charge is 0.245 e. The van der Waals surface area contributed by atoms with Crippen molar-refractivity contribution in [2.45, 2.75) is 12.5 Å². The zero-order valence-corrected chi connectivity index (χ0v) is 12.9. The number of carbonyl (C=O) groups excluding carboxylic acids is 1. The van der Waals surface area contributed by atoms with E-state index in [0.29, 0.717) is 17.6 Å². The van der Waals surface area contributed by atoms with E-state index in [1.54, 1.807) is 36.2 Å². The Morgan fingerprint density at radius 3 is 2.70 bits per heavy atom. The Bertz CT molecular complexity index is 707. The van der Waals surface area contributed by atoms with Gasteiger partial charge in [0.05, 0.1) is 0 Å². The number of anilines is 1. The van der Waals surface area contributed by atoms with Crippen molar-refractivity contribution in [1.82, 2.24) is 14.9 Å². The molecule has 0 radical (unpaired) electrons. The van der Waals surface area contributed by atoms with E-state index in [9.17, 15) is 9.18 Å². The zero-order chi connectivity index (χ0) is 16.4. The van der Waals surface area contributed by atoms with Crippen LogP contribution in [0.2, 0.25) is 0 Å². The molecule has 1 amide bonds. The molecule has 1 saturated heterocycles. The SMILES string of the molecule is CN1CCC(N(C)c2nccc(Oc3ccc(F)cc3)n2)C1=O. The van der Waals surface area contributed by atoms with Crippen LogP contribution in [0.25, 0.3) is 0 Å². The van der Waals surface area contributed by atoms with E-state index in [-0.39, 0.29) is 17.8 Å². The average molecular weight is 316 g/mol. The first-order valence-corrected chi connectivity index (χ1v) is 7.29. The second-order valence-corrected chi connectivity index (χ2v) is 5.43. The van der Waals surface area contributed by atoms with Crippen molar-refractivity contribution < 1.29 is 13.9 Å². The van der Waals surface area contributed by atoms with Gasteiger partial charge in [-0.3, -0.25) is 4.79 Å². The fourth-order valence-electron chi connectivity index (χ4n) is 2.49. The summed E-state index contributed by atoms with van der Waals surface area (Å²) in [6.07, 6.45) is 2.30. The second-order valence-electron chi connectivity index (χ2n) is 5.43. The summed E-state index contributed by atoms with van der Waals surface area (Å²) in [4.78, 5) is 24.1. The Labute approximate surface area is 133 Å². The first kappa shape index (κ1) is 15.2. The molecule has 1 aliphatic heterocycles. The number of hydrogen-bond acceptors (Lipinski definition) is 5. The quantitative estimate of drug-likeness (QED) is 0.864. The highest BCUT2D eigenvalue weighted by atomic mass is 19.1. The number of benzene rings is 1. The number of likely N-dealkylation sites (tertiary alicyclic amines) is 1. The van der Waals surface area contributed by atoms with Crippen LogP contribution < -0.4 is 9.64 Å². The summed E-state index contributed by atoms with van der Waals surface area (Å²) >= 11 is 0. The summed E-state index contributed by atoms with van der Waals surface area (Å²) in [5, 5.41) is 0. The molecule has 23 heavy (non-hydrogen) atoms. The van der Waals surface area contributed by atoms with Crippen LogP contribution in [0.15, 0.2) is 36.5 Å². The Morgan fingerprint density at radius 1 is 1.30 bits per heavy atom. The Balaban J connectivity index is 1.77. The van der Waals surface area contributed by atoms with Gasteiger partial charge < -0.3 is 14.5 Å². The molecule has 1 aromatic heterocycles. The minimum atomic E-state index is -0.329. The van der Waals surface area contributed by atoms with E-state index in [0.717, 1.165) is 13.0 Å². The highest BCUT2D eigenvalue weighted by Crippen LogP contribution is 2.23. The maximum atomic E-state index is 12.9. The summed E-state index contributed by atoms with van der Waals surface area (Å²) in [5.41, 5.74) is 0. The van der Waals surface area contributed by atoms with E-state index in [4.69, 9.17) is 4.74 Å². The molecule has 1 aromatic carbocycles. The van der Waals surface area contributed by atoms with Crippen LogP contribution in [0.5, 0.6) is 11.6 Å². The molecule has 1 unspecified atom stereocenters. The van der Waals surface area contributed by atoms with Gasteiger partial charge in [-0.25, -0.2) is 9.37 Å². The Kier molecular flexibility index (Phi) is 4.10. The van der Waals surface area contributed by atoms with Gasteiger partial charge in [-0.2, -0.15) is 4.98 Å². The van der Waals surface area contributed by atoms with Gasteiger partial charge in [0.25, 0.3) is 0 Å². The van der Waals surface area contributed by atoms with Crippen molar-refractivity contribution in [3.63, 3.8) is 0 Å². The summed E-state index contributed by atoms with van der Waals surface area (Å²) in [7, 11) is 3.57. The molecule has 120 valence electrons. The van der Waals surface area contributed by atoms with E-state index >= 15 is 0 Å². The number of hydrogen-bond donors (Lipinski definition) is 0. The minimum Gasteiger partial charge on any atom is -0.439 e. The number of ether oxygens (including phenoxy) is 1. The lowest BCUT2D eigenvalue weighted by molar-refractivity contribution is -0.127. The third-order valence-electron chi connectivity index (χ3n) is 3.84. The number of carbonyl (C=O) groups is 1. The highest BCUT2D eigenvalue weighted by Gasteiger charge is 2.33. The Hall–Kier alpha value is -2.70. The number of halogens is 1. The maximum absolute atomic E-state index is 12.9. The van der Waals surface area contributed by atoms with Crippen molar-refractivity contribution in [2.24, 2.45) is 0 Å². The van der Waals surface area contributed by atoms with Crippen LogP contribution in [0.1, 0.15) is 6.42 Å². The fourth-order valence-corrected chi connectivity index (χ4v) is 2.49. The average Bonchev–Trinajstić information content (AvgIpc) is 2.89. The molecule has 3 rings (SSSR count). The minimum absolute atomic E-state index is 0.0564. The van der Waals surface area contributed by atoms with E-state index < -0.39 is 0 Å². The largest absolute Gasteiger partial charge is 0.439 e. The second kappa shape index (κ2) is 6.20. The van der Waals surface area contributed by atoms with Gasteiger partial charge in [0, 0.05) is 32.9 Å². The first-order valence-electron chi connectivity index (χ1n) is 7.29. The van der Waals surface area contributed by atoms with Crippen molar-refractivity contribution >= 4 is 11.9 Å². The summed E-state index contributed by atoms with van der Waals surface area (Å²) in [6.45, 7) is 0.722. The van der Waals surface area contributed by atoms with Crippen LogP contribution in [-0.2, 0) is 4.79 Å². The predicted molar refractivity (Wildman–Crippen MR) is 83.0 cm³/mol. The summed E-state index contributed by atoms with van der Waals surface area (Å²) < 4.78 is 18.5. The third kappa shape index (κ3) is 3.23. The van der Waals surface area contributed by atoms with E-state index in [1.807, 2.05) is 0 Å². The molecule has 2 heterocycles. The molecule has 0 N–H and O–H groups in total.